The van der Waals surface area contributed by atoms with Crippen molar-refractivity contribution >= 4 is 22.6 Å². The maximum absolute atomic E-state index is 14.4. The van der Waals surface area contributed by atoms with Gasteiger partial charge in [-0.15, -0.1) is 0 Å². The van der Waals surface area contributed by atoms with Crippen LogP contribution < -0.4 is 5.73 Å². The number of nitrogen functional groups attached to an aromatic ring is 1. The van der Waals surface area contributed by atoms with Crippen LogP contribution in [-0.2, 0) is 12.7 Å². The lowest BCUT2D eigenvalue weighted by atomic mass is 10.1. The van der Waals surface area contributed by atoms with Crippen LogP contribution in [0.15, 0.2) is 60.9 Å². The zero-order valence-corrected chi connectivity index (χ0v) is 18.8. The topological polar surface area (TPSA) is 85.0 Å². The van der Waals surface area contributed by atoms with Gasteiger partial charge < -0.3 is 10.6 Å². The van der Waals surface area contributed by atoms with Crippen molar-refractivity contribution in [2.24, 2.45) is 0 Å². The molecule has 6 nitrogen and oxygen atoms in total. The van der Waals surface area contributed by atoms with E-state index in [0.29, 0.717) is 28.5 Å². The van der Waals surface area contributed by atoms with E-state index in [2.05, 4.69) is 15.0 Å². The number of hydrogen-bond donors (Lipinski definition) is 1. The first-order valence-electron chi connectivity index (χ1n) is 10.6. The van der Waals surface area contributed by atoms with E-state index in [4.69, 9.17) is 5.73 Å². The number of hydrogen-bond acceptors (Lipinski definition) is 5. The molecule has 3 heterocycles. The van der Waals surface area contributed by atoms with Gasteiger partial charge in [-0.1, -0.05) is 0 Å². The van der Waals surface area contributed by atoms with Crippen molar-refractivity contribution in [3.8, 4) is 0 Å². The Morgan fingerprint density at radius 2 is 1.89 bits per heavy atom. The number of pyridine rings is 3. The number of nitrogens with two attached hydrogens (primary N) is 1. The van der Waals surface area contributed by atoms with Crippen LogP contribution in [0.1, 0.15) is 45.8 Å². The third kappa shape index (κ3) is 5.06. The second-order valence-electron chi connectivity index (χ2n) is 8.11. The van der Waals surface area contributed by atoms with Crippen LogP contribution in [-0.4, -0.2) is 25.8 Å². The van der Waals surface area contributed by atoms with E-state index in [0.717, 1.165) is 11.6 Å². The predicted molar refractivity (Wildman–Crippen MR) is 123 cm³/mol. The number of nitrogens with zero attached hydrogens (tertiary/aromatic N) is 4. The summed E-state index contributed by atoms with van der Waals surface area (Å²) in [6.07, 6.45) is -2.43. The maximum atomic E-state index is 14.4. The monoisotopic (exact) mass is 483 g/mol. The lowest BCUT2D eigenvalue weighted by molar-refractivity contribution is -0.137. The molecule has 35 heavy (non-hydrogen) atoms. The first-order valence-corrected chi connectivity index (χ1v) is 10.6. The molecule has 180 valence electrons. The molecule has 1 atom stereocenters. The Labute approximate surface area is 198 Å². The Kier molecular flexibility index (Phi) is 6.38. The number of aryl methyl sites for hydroxylation is 1. The molecule has 0 saturated heterocycles. The van der Waals surface area contributed by atoms with Crippen LogP contribution >= 0.6 is 0 Å². The number of carbonyl (C=O) groups excluding carboxylic acids is 1. The fourth-order valence-electron chi connectivity index (χ4n) is 3.66. The summed E-state index contributed by atoms with van der Waals surface area (Å²) in [5.41, 5.74) is 6.84. The molecule has 10 heteroatoms. The molecular formula is C25H21F4N5O. The maximum Gasteiger partial charge on any atom is 0.417 e. The average molecular weight is 483 g/mol. The van der Waals surface area contributed by atoms with Crippen LogP contribution in [0.25, 0.3) is 10.9 Å². The molecule has 0 aliphatic rings. The molecule has 4 rings (SSSR count). The quantitative estimate of drug-likeness (QED) is 0.380. The summed E-state index contributed by atoms with van der Waals surface area (Å²) in [5, 5.41) is 0.687. The summed E-state index contributed by atoms with van der Waals surface area (Å²) in [4.78, 5) is 27.2. The Hall–Kier alpha value is -4.08. The van der Waals surface area contributed by atoms with Gasteiger partial charge in [0.05, 0.1) is 35.1 Å². The molecule has 4 aromatic rings. The lowest BCUT2D eigenvalue weighted by Crippen LogP contribution is -2.34. The van der Waals surface area contributed by atoms with Gasteiger partial charge in [0.15, 0.2) is 0 Å². The molecule has 0 bridgehead atoms. The minimum atomic E-state index is -4.54. The largest absolute Gasteiger partial charge is 0.417 e. The Morgan fingerprint density at radius 3 is 2.54 bits per heavy atom. The number of aromatic nitrogens is 3. The third-order valence-electron chi connectivity index (χ3n) is 5.72. The molecular weight excluding hydrogens is 462 g/mol. The number of alkyl halides is 3. The SMILES string of the molecule is Cc1cc2cc(C(=O)N(Cc3ncccc3F)C(C)c3ccc(C(F)(F)F)cn3)ccc2nc1N. The summed E-state index contributed by atoms with van der Waals surface area (Å²) >= 11 is 0. The van der Waals surface area contributed by atoms with Gasteiger partial charge in [0.1, 0.15) is 11.6 Å². The molecule has 2 N–H and O–H groups in total. The molecule has 0 aliphatic carbocycles. The number of carbonyl (C=O) groups is 1. The molecule has 0 fully saturated rings. The lowest BCUT2D eigenvalue weighted by Gasteiger charge is -2.29. The smallest absolute Gasteiger partial charge is 0.383 e. The normalized spacial score (nSPS) is 12.5. The van der Waals surface area contributed by atoms with Crippen LogP contribution in [0.2, 0.25) is 0 Å². The highest BCUT2D eigenvalue weighted by Crippen LogP contribution is 2.31. The summed E-state index contributed by atoms with van der Waals surface area (Å²) in [5.74, 6) is -0.696. The molecule has 0 spiro atoms. The minimum absolute atomic E-state index is 0.0192. The molecule has 0 radical (unpaired) electrons. The van der Waals surface area contributed by atoms with Crippen LogP contribution in [0.4, 0.5) is 23.4 Å². The minimum Gasteiger partial charge on any atom is -0.383 e. The highest BCUT2D eigenvalue weighted by molar-refractivity contribution is 5.98. The fourth-order valence-corrected chi connectivity index (χ4v) is 3.66. The van der Waals surface area contributed by atoms with Crippen LogP contribution in [0.3, 0.4) is 0 Å². The van der Waals surface area contributed by atoms with Crippen molar-refractivity contribution in [1.29, 1.82) is 0 Å². The first-order chi connectivity index (χ1) is 16.5. The van der Waals surface area contributed by atoms with E-state index >= 15 is 0 Å². The van der Waals surface area contributed by atoms with E-state index in [1.165, 1.54) is 29.3 Å². The van der Waals surface area contributed by atoms with Crippen LogP contribution in [0.5, 0.6) is 0 Å². The first kappa shape index (κ1) is 24.1. The zero-order chi connectivity index (χ0) is 25.3. The highest BCUT2D eigenvalue weighted by Gasteiger charge is 2.32. The second kappa shape index (κ2) is 9.28. The van der Waals surface area contributed by atoms with Crippen molar-refractivity contribution in [2.45, 2.75) is 32.6 Å². The van der Waals surface area contributed by atoms with E-state index in [9.17, 15) is 22.4 Å². The predicted octanol–water partition coefficient (Wildman–Crippen LogP) is 5.48. The molecule has 3 aromatic heterocycles. The van der Waals surface area contributed by atoms with Crippen molar-refractivity contribution < 1.29 is 22.4 Å². The third-order valence-corrected chi connectivity index (χ3v) is 5.72. The molecule has 1 unspecified atom stereocenters. The average Bonchev–Trinajstić information content (AvgIpc) is 2.83. The molecule has 1 aromatic carbocycles. The molecule has 1 amide bonds. The summed E-state index contributed by atoms with van der Waals surface area (Å²) < 4.78 is 53.3. The zero-order valence-electron chi connectivity index (χ0n) is 18.8. The van der Waals surface area contributed by atoms with Gasteiger partial charge in [-0.25, -0.2) is 9.37 Å². The highest BCUT2D eigenvalue weighted by atomic mass is 19.4. The van der Waals surface area contributed by atoms with Crippen molar-refractivity contribution in [3.63, 3.8) is 0 Å². The number of fused-ring (bicyclic) bond motifs is 1. The van der Waals surface area contributed by atoms with Gasteiger partial charge in [-0.05, 0) is 67.9 Å². The number of amides is 1. The second-order valence-corrected chi connectivity index (χ2v) is 8.11. The summed E-state index contributed by atoms with van der Waals surface area (Å²) in [7, 11) is 0. The number of anilines is 1. The Morgan fingerprint density at radius 1 is 1.11 bits per heavy atom. The van der Waals surface area contributed by atoms with Gasteiger partial charge in [0.25, 0.3) is 5.91 Å². The standard InChI is InChI=1S/C25H21F4N5O/c1-14-10-17-11-16(5-7-21(17)33-23(14)30)24(35)34(13-22-19(26)4-3-9-31-22)15(2)20-8-6-18(12-32-20)25(27,28)29/h3-12,15H,13H2,1-2H3,(H2,30,33). The number of halogens is 4. The number of benzene rings is 1. The van der Waals surface area contributed by atoms with Gasteiger partial charge in [-0.2, -0.15) is 13.2 Å². The van der Waals surface area contributed by atoms with Gasteiger partial charge in [0.2, 0.25) is 0 Å². The van der Waals surface area contributed by atoms with E-state index in [-0.39, 0.29) is 17.9 Å². The van der Waals surface area contributed by atoms with E-state index < -0.39 is 29.5 Å². The molecule has 0 saturated carbocycles. The van der Waals surface area contributed by atoms with Gasteiger partial charge >= 0.3 is 6.18 Å². The summed E-state index contributed by atoms with van der Waals surface area (Å²) in [6, 6.07) is 10.6. The fraction of sp³-hybridized carbons (Fsp3) is 0.200. The van der Waals surface area contributed by atoms with E-state index in [1.54, 1.807) is 38.1 Å². The van der Waals surface area contributed by atoms with Crippen molar-refractivity contribution in [2.75, 3.05) is 5.73 Å². The van der Waals surface area contributed by atoms with Crippen LogP contribution in [0, 0.1) is 12.7 Å². The Balaban J connectivity index is 1.73. The van der Waals surface area contributed by atoms with Crippen molar-refractivity contribution in [1.82, 2.24) is 19.9 Å². The van der Waals surface area contributed by atoms with Gasteiger partial charge in [-0.3, -0.25) is 14.8 Å². The van der Waals surface area contributed by atoms with Crippen molar-refractivity contribution in [3.05, 3.63) is 94.8 Å². The summed E-state index contributed by atoms with van der Waals surface area (Å²) in [6.45, 7) is 3.19. The van der Waals surface area contributed by atoms with Gasteiger partial charge in [0, 0.05) is 23.3 Å². The molecule has 0 aliphatic heterocycles. The Bertz CT molecular complexity index is 1390. The number of rotatable bonds is 5. The van der Waals surface area contributed by atoms with E-state index in [1.807, 2.05) is 0 Å².